The molecule has 1 N–H and O–H groups in total. The largest absolute Gasteiger partial charge is 0.325 e. The predicted octanol–water partition coefficient (Wildman–Crippen LogP) is 5.08. The van der Waals surface area contributed by atoms with Crippen LogP contribution in [0.15, 0.2) is 66.7 Å². The van der Waals surface area contributed by atoms with Gasteiger partial charge in [0.15, 0.2) is 11.6 Å². The molecule has 1 aliphatic rings. The highest BCUT2D eigenvalue weighted by atomic mass is 35.5. The summed E-state index contributed by atoms with van der Waals surface area (Å²) in [5.74, 6) is -0.632. The van der Waals surface area contributed by atoms with Gasteiger partial charge in [-0.05, 0) is 36.6 Å². The molecule has 5 heteroatoms. The number of ketones is 2. The minimum Gasteiger partial charge on any atom is -0.325 e. The van der Waals surface area contributed by atoms with Crippen molar-refractivity contribution in [3.05, 3.63) is 99.6 Å². The first-order valence-corrected chi connectivity index (χ1v) is 9.78. The fourth-order valence-electron chi connectivity index (χ4n) is 3.57. The molecule has 144 valence electrons. The van der Waals surface area contributed by atoms with E-state index < -0.39 is 0 Å². The van der Waals surface area contributed by atoms with Crippen molar-refractivity contribution in [2.24, 2.45) is 0 Å². The van der Waals surface area contributed by atoms with Gasteiger partial charge >= 0.3 is 0 Å². The Balaban J connectivity index is 1.49. The van der Waals surface area contributed by atoms with Crippen LogP contribution in [0.2, 0.25) is 5.02 Å². The maximum Gasteiger partial charge on any atom is 0.224 e. The van der Waals surface area contributed by atoms with E-state index in [-0.39, 0.29) is 23.0 Å². The van der Waals surface area contributed by atoms with E-state index >= 15 is 0 Å². The maximum absolute atomic E-state index is 13.0. The first-order valence-electron chi connectivity index (χ1n) is 9.40. The first kappa shape index (κ1) is 19.1. The standard InChI is InChI=1S/C24H18ClNO3/c25-16-13-11-15(12-14-16)5-3-10-21(27)26-20-9-4-8-19-22(20)24(29)18-7-2-1-6-17(18)23(19)28/h1-2,4,6-9,11-14H,3,5,10H2,(H,26,27). The molecule has 0 saturated heterocycles. The average Bonchev–Trinajstić information content (AvgIpc) is 2.73. The minimum atomic E-state index is -0.243. The van der Waals surface area contributed by atoms with Crippen molar-refractivity contribution in [1.82, 2.24) is 0 Å². The van der Waals surface area contributed by atoms with E-state index in [0.717, 1.165) is 12.0 Å². The number of benzene rings is 3. The van der Waals surface area contributed by atoms with Crippen LogP contribution in [0, 0.1) is 0 Å². The van der Waals surface area contributed by atoms with Gasteiger partial charge in [0, 0.05) is 28.1 Å². The molecule has 3 aromatic carbocycles. The highest BCUT2D eigenvalue weighted by molar-refractivity contribution is 6.31. The Morgan fingerprint density at radius 2 is 1.45 bits per heavy atom. The van der Waals surface area contributed by atoms with E-state index in [4.69, 9.17) is 11.6 Å². The minimum absolute atomic E-state index is 0.188. The van der Waals surface area contributed by atoms with E-state index in [1.165, 1.54) is 0 Å². The molecule has 0 spiro atoms. The lowest BCUT2D eigenvalue weighted by Gasteiger charge is -2.20. The van der Waals surface area contributed by atoms with Crippen LogP contribution in [-0.2, 0) is 11.2 Å². The topological polar surface area (TPSA) is 63.2 Å². The van der Waals surface area contributed by atoms with E-state index in [9.17, 15) is 14.4 Å². The summed E-state index contributed by atoms with van der Waals surface area (Å²) < 4.78 is 0. The molecule has 4 nitrogen and oxygen atoms in total. The maximum atomic E-state index is 13.0. The molecular formula is C24H18ClNO3. The molecule has 0 heterocycles. The monoisotopic (exact) mass is 403 g/mol. The Labute approximate surface area is 173 Å². The third kappa shape index (κ3) is 3.84. The van der Waals surface area contributed by atoms with Crippen LogP contribution < -0.4 is 5.32 Å². The molecule has 0 fully saturated rings. The number of nitrogens with one attached hydrogen (secondary N) is 1. The SMILES string of the molecule is O=C(CCCc1ccc(Cl)cc1)Nc1cccc2c1C(=O)c1ccccc1C2=O. The number of hydrogen-bond donors (Lipinski definition) is 1. The van der Waals surface area contributed by atoms with Crippen LogP contribution in [0.1, 0.15) is 50.2 Å². The summed E-state index contributed by atoms with van der Waals surface area (Å²) in [5, 5.41) is 3.50. The summed E-state index contributed by atoms with van der Waals surface area (Å²) in [6, 6.07) is 19.3. The molecule has 3 aromatic rings. The van der Waals surface area contributed by atoms with Crippen molar-refractivity contribution in [3.63, 3.8) is 0 Å². The average molecular weight is 404 g/mol. The third-order valence-electron chi connectivity index (χ3n) is 5.01. The smallest absolute Gasteiger partial charge is 0.224 e. The van der Waals surface area contributed by atoms with Crippen molar-refractivity contribution >= 4 is 34.8 Å². The Hall–Kier alpha value is -3.24. The molecule has 0 saturated carbocycles. The van der Waals surface area contributed by atoms with E-state index in [1.807, 2.05) is 24.3 Å². The number of fused-ring (bicyclic) bond motifs is 2. The van der Waals surface area contributed by atoms with Crippen molar-refractivity contribution in [2.75, 3.05) is 5.32 Å². The fraction of sp³-hybridized carbons (Fsp3) is 0.125. The Bertz CT molecular complexity index is 1120. The molecule has 0 unspecified atom stereocenters. The van der Waals surface area contributed by atoms with Gasteiger partial charge in [-0.15, -0.1) is 0 Å². The van der Waals surface area contributed by atoms with E-state index in [1.54, 1.807) is 42.5 Å². The van der Waals surface area contributed by atoms with Gasteiger partial charge in [0.05, 0.1) is 11.3 Å². The lowest BCUT2D eigenvalue weighted by molar-refractivity contribution is -0.116. The highest BCUT2D eigenvalue weighted by Gasteiger charge is 2.31. The number of rotatable bonds is 5. The second-order valence-corrected chi connectivity index (χ2v) is 7.40. The number of halogens is 1. The van der Waals surface area contributed by atoms with Crippen LogP contribution in [0.3, 0.4) is 0 Å². The molecule has 1 aliphatic carbocycles. The van der Waals surface area contributed by atoms with Gasteiger partial charge in [-0.1, -0.05) is 60.1 Å². The number of aryl methyl sites for hydroxylation is 1. The molecule has 0 bridgehead atoms. The summed E-state index contributed by atoms with van der Waals surface area (Å²) >= 11 is 5.88. The van der Waals surface area contributed by atoms with Crippen molar-refractivity contribution in [3.8, 4) is 0 Å². The number of carbonyl (C=O) groups excluding carboxylic acids is 3. The Morgan fingerprint density at radius 3 is 2.17 bits per heavy atom. The van der Waals surface area contributed by atoms with Gasteiger partial charge in [-0.2, -0.15) is 0 Å². The zero-order valence-electron chi connectivity index (χ0n) is 15.6. The summed E-state index contributed by atoms with van der Waals surface area (Å²) in [7, 11) is 0. The van der Waals surface area contributed by atoms with Crippen LogP contribution in [-0.4, -0.2) is 17.5 Å². The molecular weight excluding hydrogens is 386 g/mol. The summed E-state index contributed by atoms with van der Waals surface area (Å²) in [5.41, 5.74) is 2.85. The van der Waals surface area contributed by atoms with Crippen molar-refractivity contribution < 1.29 is 14.4 Å². The zero-order valence-corrected chi connectivity index (χ0v) is 16.3. The molecule has 0 aromatic heterocycles. The molecule has 29 heavy (non-hydrogen) atoms. The van der Waals surface area contributed by atoms with Gasteiger partial charge in [-0.3, -0.25) is 14.4 Å². The Kier molecular flexibility index (Phi) is 5.28. The van der Waals surface area contributed by atoms with Crippen molar-refractivity contribution in [1.29, 1.82) is 0 Å². The number of hydrogen-bond acceptors (Lipinski definition) is 3. The molecule has 4 rings (SSSR count). The molecule has 0 radical (unpaired) electrons. The number of anilines is 1. The normalized spacial score (nSPS) is 12.3. The quantitative estimate of drug-likeness (QED) is 0.505. The zero-order chi connectivity index (χ0) is 20.4. The van der Waals surface area contributed by atoms with E-state index in [2.05, 4.69) is 5.32 Å². The summed E-state index contributed by atoms with van der Waals surface area (Å²) in [4.78, 5) is 38.2. The Morgan fingerprint density at radius 1 is 0.793 bits per heavy atom. The van der Waals surface area contributed by atoms with Crippen LogP contribution in [0.5, 0.6) is 0 Å². The summed E-state index contributed by atoms with van der Waals surface area (Å²) in [6.07, 6.45) is 1.73. The van der Waals surface area contributed by atoms with Gasteiger partial charge in [0.2, 0.25) is 5.91 Å². The summed E-state index contributed by atoms with van der Waals surface area (Å²) in [6.45, 7) is 0. The lowest BCUT2D eigenvalue weighted by Crippen LogP contribution is -2.23. The molecule has 0 atom stereocenters. The van der Waals surface area contributed by atoms with Gasteiger partial charge in [-0.25, -0.2) is 0 Å². The highest BCUT2D eigenvalue weighted by Crippen LogP contribution is 2.32. The van der Waals surface area contributed by atoms with Gasteiger partial charge < -0.3 is 5.32 Å². The lowest BCUT2D eigenvalue weighted by atomic mass is 9.83. The van der Waals surface area contributed by atoms with Crippen LogP contribution in [0.4, 0.5) is 5.69 Å². The van der Waals surface area contributed by atoms with E-state index in [0.29, 0.717) is 40.2 Å². The van der Waals surface area contributed by atoms with Crippen molar-refractivity contribution in [2.45, 2.75) is 19.3 Å². The predicted molar refractivity (Wildman–Crippen MR) is 113 cm³/mol. The fourth-order valence-corrected chi connectivity index (χ4v) is 3.69. The van der Waals surface area contributed by atoms with Gasteiger partial charge in [0.25, 0.3) is 0 Å². The number of amides is 1. The van der Waals surface area contributed by atoms with Crippen LogP contribution in [0.25, 0.3) is 0 Å². The first-order chi connectivity index (χ1) is 14.0. The second kappa shape index (κ2) is 8.02. The second-order valence-electron chi connectivity index (χ2n) is 6.96. The number of carbonyl (C=O) groups is 3. The molecule has 0 aliphatic heterocycles. The van der Waals surface area contributed by atoms with Gasteiger partial charge in [0.1, 0.15) is 0 Å². The molecule has 1 amide bonds. The van der Waals surface area contributed by atoms with Crippen LogP contribution >= 0.6 is 11.6 Å². The third-order valence-corrected chi connectivity index (χ3v) is 5.26.